The van der Waals surface area contributed by atoms with Crippen molar-refractivity contribution in [3.63, 3.8) is 0 Å². The van der Waals surface area contributed by atoms with Crippen LogP contribution in [0.4, 0.5) is 24.7 Å². The summed E-state index contributed by atoms with van der Waals surface area (Å²) in [4.78, 5) is 18.4. The number of anilines is 2. The fourth-order valence-corrected chi connectivity index (χ4v) is 4.35. The van der Waals surface area contributed by atoms with Crippen molar-refractivity contribution in [3.05, 3.63) is 52.2 Å². The molecule has 0 bridgehead atoms. The highest BCUT2D eigenvalue weighted by atomic mass is 35.5. The molecule has 1 saturated heterocycles. The Labute approximate surface area is 172 Å². The van der Waals surface area contributed by atoms with Crippen LogP contribution >= 0.6 is 11.6 Å². The molecular weight excluding hydrogens is 403 g/mol. The van der Waals surface area contributed by atoms with Gasteiger partial charge in [0.05, 0.1) is 10.6 Å². The predicted octanol–water partition coefficient (Wildman–Crippen LogP) is 5.10. The van der Waals surface area contributed by atoms with Crippen molar-refractivity contribution < 1.29 is 18.0 Å². The maximum Gasteiger partial charge on any atom is 0.417 e. The summed E-state index contributed by atoms with van der Waals surface area (Å²) in [5.41, 5.74) is 2.62. The van der Waals surface area contributed by atoms with E-state index in [9.17, 15) is 18.0 Å². The summed E-state index contributed by atoms with van der Waals surface area (Å²) in [6.45, 7) is 1.03. The predicted molar refractivity (Wildman–Crippen MR) is 106 cm³/mol. The lowest BCUT2D eigenvalue weighted by Crippen LogP contribution is -2.38. The Morgan fingerprint density at radius 2 is 1.86 bits per heavy atom. The van der Waals surface area contributed by atoms with Crippen molar-refractivity contribution in [2.45, 2.75) is 38.3 Å². The smallest absolute Gasteiger partial charge is 0.355 e. The van der Waals surface area contributed by atoms with Crippen molar-refractivity contribution in [3.8, 4) is 0 Å². The summed E-state index contributed by atoms with van der Waals surface area (Å²) in [5, 5.41) is 2.98. The van der Waals surface area contributed by atoms with E-state index in [0.29, 0.717) is 31.7 Å². The maximum absolute atomic E-state index is 12.8. The number of pyridine rings is 1. The van der Waals surface area contributed by atoms with Gasteiger partial charge in [-0.3, -0.25) is 4.79 Å². The highest BCUT2D eigenvalue weighted by Crippen LogP contribution is 2.35. The van der Waals surface area contributed by atoms with Gasteiger partial charge in [-0.25, -0.2) is 4.98 Å². The normalized spacial score (nSPS) is 17.3. The molecule has 1 aromatic carbocycles. The van der Waals surface area contributed by atoms with E-state index in [1.54, 1.807) is 0 Å². The van der Waals surface area contributed by atoms with Gasteiger partial charge in [0.1, 0.15) is 5.82 Å². The molecule has 2 aromatic rings. The second-order valence-electron chi connectivity index (χ2n) is 7.61. The molecule has 1 aliphatic heterocycles. The van der Waals surface area contributed by atoms with Gasteiger partial charge in [0.2, 0.25) is 5.91 Å². The fourth-order valence-electron chi connectivity index (χ4n) is 4.07. The number of aryl methyl sites for hydroxylation is 2. The first kappa shape index (κ1) is 20.0. The third kappa shape index (κ3) is 4.34. The Balaban J connectivity index is 1.36. The number of amides is 1. The van der Waals surface area contributed by atoms with E-state index in [4.69, 9.17) is 11.6 Å². The lowest BCUT2D eigenvalue weighted by molar-refractivity contribution is -0.137. The number of hydrogen-bond acceptors (Lipinski definition) is 3. The number of rotatable bonds is 3. The second-order valence-corrected chi connectivity index (χ2v) is 8.02. The number of carbonyl (C=O) groups excluding carboxylic acids is 1. The lowest BCUT2D eigenvalue weighted by atomic mass is 9.95. The SMILES string of the molecule is O=C(Nc1ccc2c(c1)CCC2)C1CCN(c2ncc(C(F)(F)F)cc2Cl)CC1. The molecule has 4 nitrogen and oxygen atoms in total. The van der Waals surface area contributed by atoms with Gasteiger partial charge in [0, 0.05) is 30.9 Å². The Morgan fingerprint density at radius 1 is 1.14 bits per heavy atom. The molecule has 0 radical (unpaired) electrons. The molecule has 2 aliphatic rings. The molecule has 154 valence electrons. The van der Waals surface area contributed by atoms with Crippen LogP contribution in [0.2, 0.25) is 5.02 Å². The van der Waals surface area contributed by atoms with Crippen molar-refractivity contribution in [2.75, 3.05) is 23.3 Å². The highest BCUT2D eigenvalue weighted by molar-refractivity contribution is 6.33. The zero-order valence-corrected chi connectivity index (χ0v) is 16.5. The van der Waals surface area contributed by atoms with Gasteiger partial charge < -0.3 is 10.2 Å². The number of nitrogens with one attached hydrogen (secondary N) is 1. The number of fused-ring (bicyclic) bond motifs is 1. The summed E-state index contributed by atoms with van der Waals surface area (Å²) < 4.78 is 38.3. The van der Waals surface area contributed by atoms with Crippen molar-refractivity contribution in [1.82, 2.24) is 4.98 Å². The summed E-state index contributed by atoms with van der Waals surface area (Å²) in [6, 6.07) is 6.99. The lowest BCUT2D eigenvalue weighted by Gasteiger charge is -2.32. The molecule has 0 spiro atoms. The fraction of sp³-hybridized carbons (Fsp3) is 0.429. The Bertz CT molecular complexity index is 924. The van der Waals surface area contributed by atoms with Gasteiger partial charge in [-0.2, -0.15) is 13.2 Å². The molecule has 8 heteroatoms. The number of hydrogen-bond donors (Lipinski definition) is 1. The van der Waals surface area contributed by atoms with Crippen LogP contribution in [-0.2, 0) is 23.8 Å². The summed E-state index contributed by atoms with van der Waals surface area (Å²) in [7, 11) is 0. The van der Waals surface area contributed by atoms with Crippen molar-refractivity contribution >= 4 is 29.0 Å². The van der Waals surface area contributed by atoms with E-state index in [-0.39, 0.29) is 16.8 Å². The molecule has 1 N–H and O–H groups in total. The van der Waals surface area contributed by atoms with Crippen LogP contribution < -0.4 is 10.2 Å². The van der Waals surface area contributed by atoms with E-state index < -0.39 is 11.7 Å². The first-order valence-electron chi connectivity index (χ1n) is 9.71. The molecule has 1 aromatic heterocycles. The summed E-state index contributed by atoms with van der Waals surface area (Å²) >= 11 is 6.04. The third-order valence-corrected chi connectivity index (χ3v) is 5.96. The molecule has 1 fully saturated rings. The molecule has 0 atom stereocenters. The summed E-state index contributed by atoms with van der Waals surface area (Å²) in [6.07, 6.45) is 0.823. The van der Waals surface area contributed by atoms with E-state index in [0.717, 1.165) is 37.2 Å². The number of piperidine rings is 1. The first-order chi connectivity index (χ1) is 13.8. The van der Waals surface area contributed by atoms with Crippen LogP contribution in [0.15, 0.2) is 30.5 Å². The van der Waals surface area contributed by atoms with Gasteiger partial charge in [-0.1, -0.05) is 17.7 Å². The van der Waals surface area contributed by atoms with E-state index in [2.05, 4.69) is 22.4 Å². The molecule has 1 amide bonds. The van der Waals surface area contributed by atoms with Crippen molar-refractivity contribution in [2.24, 2.45) is 5.92 Å². The number of carbonyl (C=O) groups is 1. The molecule has 2 heterocycles. The number of alkyl halides is 3. The number of nitrogens with zero attached hydrogens (tertiary/aromatic N) is 2. The topological polar surface area (TPSA) is 45.2 Å². The average molecular weight is 424 g/mol. The van der Waals surface area contributed by atoms with E-state index in [1.165, 1.54) is 11.1 Å². The molecule has 0 unspecified atom stereocenters. The minimum absolute atomic E-state index is 0.0194. The first-order valence-corrected chi connectivity index (χ1v) is 10.1. The second kappa shape index (κ2) is 7.86. The van der Waals surface area contributed by atoms with Crippen LogP contribution in [0.1, 0.15) is 36.0 Å². The minimum Gasteiger partial charge on any atom is -0.355 e. The number of benzene rings is 1. The highest BCUT2D eigenvalue weighted by Gasteiger charge is 2.33. The molecule has 29 heavy (non-hydrogen) atoms. The number of aromatic nitrogens is 1. The largest absolute Gasteiger partial charge is 0.417 e. The van der Waals surface area contributed by atoms with E-state index >= 15 is 0 Å². The maximum atomic E-state index is 12.8. The van der Waals surface area contributed by atoms with Crippen LogP contribution in [0.3, 0.4) is 0 Å². The Hall–Kier alpha value is -2.28. The molecular formula is C21H21ClF3N3O. The van der Waals surface area contributed by atoms with Gasteiger partial charge >= 0.3 is 6.18 Å². The molecule has 4 rings (SSSR count). The van der Waals surface area contributed by atoms with Crippen LogP contribution in [0.5, 0.6) is 0 Å². The zero-order valence-electron chi connectivity index (χ0n) is 15.7. The van der Waals surface area contributed by atoms with Crippen LogP contribution in [0, 0.1) is 5.92 Å². The Kier molecular flexibility index (Phi) is 5.42. The minimum atomic E-state index is -4.47. The average Bonchev–Trinajstić information content (AvgIpc) is 3.15. The zero-order chi connectivity index (χ0) is 20.6. The van der Waals surface area contributed by atoms with E-state index in [1.807, 2.05) is 11.0 Å². The molecule has 0 saturated carbocycles. The van der Waals surface area contributed by atoms with Crippen LogP contribution in [0.25, 0.3) is 0 Å². The Morgan fingerprint density at radius 3 is 2.55 bits per heavy atom. The standard InChI is InChI=1S/C21H21ClF3N3O/c22-18-11-16(21(23,24)25)12-26-19(18)28-8-6-14(7-9-28)20(29)27-17-5-4-13-2-1-3-15(13)10-17/h4-5,10-12,14H,1-3,6-9H2,(H,27,29). The van der Waals surface area contributed by atoms with Gasteiger partial charge in [-0.15, -0.1) is 0 Å². The number of halogens is 4. The van der Waals surface area contributed by atoms with Crippen LogP contribution in [-0.4, -0.2) is 24.0 Å². The summed E-state index contributed by atoms with van der Waals surface area (Å²) in [5.74, 6) is 0.166. The monoisotopic (exact) mass is 423 g/mol. The van der Waals surface area contributed by atoms with Crippen molar-refractivity contribution in [1.29, 1.82) is 0 Å². The van der Waals surface area contributed by atoms with Gasteiger partial charge in [0.15, 0.2) is 0 Å². The quantitative estimate of drug-likeness (QED) is 0.747. The van der Waals surface area contributed by atoms with Gasteiger partial charge in [0.25, 0.3) is 0 Å². The third-order valence-electron chi connectivity index (χ3n) is 5.68. The van der Waals surface area contributed by atoms with Gasteiger partial charge in [-0.05, 0) is 61.4 Å². The molecule has 1 aliphatic carbocycles.